The molecular weight excluding hydrogens is 116 g/mol. The van der Waals surface area contributed by atoms with E-state index in [-0.39, 0.29) is 0 Å². The van der Waals surface area contributed by atoms with Gasteiger partial charge in [-0.2, -0.15) is 0 Å². The summed E-state index contributed by atoms with van der Waals surface area (Å²) in [5.41, 5.74) is 0. The fraction of sp³-hybridized carbons (Fsp3) is 0.143. The molecule has 8 heavy (non-hydrogen) atoms. The highest BCUT2D eigenvalue weighted by Gasteiger charge is 1.75. The highest BCUT2D eigenvalue weighted by Crippen LogP contribution is 1.74. The Labute approximate surface area is 52.8 Å². The number of thiophene rings is 1. The van der Waals surface area contributed by atoms with Gasteiger partial charge in [0.2, 0.25) is 0 Å². The maximum Gasteiger partial charge on any atom is 0.0233 e. The van der Waals surface area contributed by atoms with Gasteiger partial charge in [-0.1, -0.05) is 12.7 Å². The average Bonchev–Trinajstić information content (AvgIpc) is 2.14. The molecule has 0 fully saturated rings. The van der Waals surface area contributed by atoms with Crippen LogP contribution in [0.2, 0.25) is 0 Å². The van der Waals surface area contributed by atoms with Crippen LogP contribution in [0.5, 0.6) is 0 Å². The molecule has 1 aromatic heterocycles. The number of hydrogen-bond donors (Lipinski definition) is 0. The minimum absolute atomic E-state index is 1.14. The normalized spacial score (nSPS) is 12.4. The van der Waals surface area contributed by atoms with Crippen LogP contribution >= 0.6 is 11.3 Å². The standard InChI is InChI=1S/C7H8S/c1-3-7-5-4-6(2)8-7/h3-5H,2H2,1H3/b7-3+. The second-order valence-corrected chi connectivity index (χ2v) is 2.79. The van der Waals surface area contributed by atoms with E-state index in [0.29, 0.717) is 0 Å². The molecular formula is C7H8S. The molecule has 0 aromatic carbocycles. The van der Waals surface area contributed by atoms with Crippen LogP contribution < -0.4 is 9.06 Å². The molecule has 0 saturated heterocycles. The lowest BCUT2D eigenvalue weighted by Gasteiger charge is -1.62. The van der Waals surface area contributed by atoms with Crippen molar-refractivity contribution >= 4 is 24.0 Å². The van der Waals surface area contributed by atoms with Crippen molar-refractivity contribution in [3.63, 3.8) is 0 Å². The van der Waals surface area contributed by atoms with Gasteiger partial charge in [0.05, 0.1) is 0 Å². The maximum atomic E-state index is 3.79. The van der Waals surface area contributed by atoms with Gasteiger partial charge in [0.15, 0.2) is 0 Å². The molecule has 0 N–H and O–H groups in total. The monoisotopic (exact) mass is 124 g/mol. The van der Waals surface area contributed by atoms with Crippen LogP contribution in [0.1, 0.15) is 6.92 Å². The third-order valence-electron chi connectivity index (χ3n) is 0.967. The lowest BCUT2D eigenvalue weighted by Crippen LogP contribution is -1.86. The van der Waals surface area contributed by atoms with E-state index in [1.54, 1.807) is 11.3 Å². The molecule has 1 heterocycles. The molecule has 1 rings (SSSR count). The minimum Gasteiger partial charge on any atom is -0.137 e. The van der Waals surface area contributed by atoms with Gasteiger partial charge in [0.1, 0.15) is 0 Å². The zero-order chi connectivity index (χ0) is 5.98. The van der Waals surface area contributed by atoms with E-state index in [9.17, 15) is 0 Å². The Morgan fingerprint density at radius 1 is 1.62 bits per heavy atom. The van der Waals surface area contributed by atoms with Crippen LogP contribution in [0.4, 0.5) is 0 Å². The topological polar surface area (TPSA) is 0 Å². The van der Waals surface area contributed by atoms with Crippen molar-refractivity contribution < 1.29 is 0 Å². The number of hydrogen-bond acceptors (Lipinski definition) is 1. The van der Waals surface area contributed by atoms with E-state index in [4.69, 9.17) is 0 Å². The summed E-state index contributed by atoms with van der Waals surface area (Å²) in [6.45, 7) is 5.82. The first-order valence-electron chi connectivity index (χ1n) is 2.54. The second-order valence-electron chi connectivity index (χ2n) is 1.59. The Bertz CT molecular complexity index is 256. The lowest BCUT2D eigenvalue weighted by molar-refractivity contribution is 1.82. The molecule has 0 amide bonds. The second kappa shape index (κ2) is 2.14. The molecule has 0 aliphatic rings. The molecule has 42 valence electrons. The van der Waals surface area contributed by atoms with E-state index < -0.39 is 0 Å². The van der Waals surface area contributed by atoms with Gasteiger partial charge in [-0.3, -0.25) is 0 Å². The molecule has 0 saturated carbocycles. The Hall–Kier alpha value is -0.560. The van der Waals surface area contributed by atoms with E-state index in [0.717, 1.165) is 4.53 Å². The first kappa shape index (κ1) is 5.57. The predicted molar refractivity (Wildman–Crippen MR) is 39.2 cm³/mol. The summed E-state index contributed by atoms with van der Waals surface area (Å²) in [6.07, 6.45) is 2.08. The number of rotatable bonds is 0. The van der Waals surface area contributed by atoms with Crippen molar-refractivity contribution in [3.8, 4) is 0 Å². The zero-order valence-electron chi connectivity index (χ0n) is 4.85. The van der Waals surface area contributed by atoms with Gasteiger partial charge in [0, 0.05) is 9.06 Å². The molecule has 1 aromatic rings. The Kier molecular flexibility index (Phi) is 1.49. The first-order chi connectivity index (χ1) is 3.83. The van der Waals surface area contributed by atoms with E-state index in [1.807, 2.05) is 13.0 Å². The zero-order valence-corrected chi connectivity index (χ0v) is 5.66. The smallest absolute Gasteiger partial charge is 0.0233 e. The van der Waals surface area contributed by atoms with E-state index in [1.165, 1.54) is 4.53 Å². The van der Waals surface area contributed by atoms with Crippen LogP contribution in [0, 0.1) is 0 Å². The average molecular weight is 124 g/mol. The summed E-state index contributed by atoms with van der Waals surface area (Å²) in [5.74, 6) is 0. The van der Waals surface area contributed by atoms with Crippen LogP contribution in [-0.2, 0) is 0 Å². The molecule has 0 atom stereocenters. The maximum absolute atomic E-state index is 3.79. The first-order valence-corrected chi connectivity index (χ1v) is 3.36. The van der Waals surface area contributed by atoms with Crippen LogP contribution in [0.15, 0.2) is 12.1 Å². The van der Waals surface area contributed by atoms with Crippen molar-refractivity contribution in [1.82, 2.24) is 0 Å². The molecule has 0 bridgehead atoms. The molecule has 0 aliphatic heterocycles. The van der Waals surface area contributed by atoms with E-state index >= 15 is 0 Å². The predicted octanol–water partition coefficient (Wildman–Crippen LogP) is 0.959. The van der Waals surface area contributed by atoms with Gasteiger partial charge in [-0.05, 0) is 19.1 Å². The third-order valence-corrected chi connectivity index (χ3v) is 1.97. The molecule has 0 nitrogen and oxygen atoms in total. The fourth-order valence-electron chi connectivity index (χ4n) is 0.550. The van der Waals surface area contributed by atoms with Crippen LogP contribution in [-0.4, -0.2) is 0 Å². The Morgan fingerprint density at radius 3 is 2.62 bits per heavy atom. The van der Waals surface area contributed by atoms with E-state index in [2.05, 4.69) is 18.7 Å². The van der Waals surface area contributed by atoms with Gasteiger partial charge < -0.3 is 0 Å². The van der Waals surface area contributed by atoms with Crippen molar-refractivity contribution in [1.29, 1.82) is 0 Å². The highest BCUT2D eigenvalue weighted by atomic mass is 32.1. The molecule has 0 unspecified atom stereocenters. The van der Waals surface area contributed by atoms with Gasteiger partial charge in [-0.25, -0.2) is 0 Å². The largest absolute Gasteiger partial charge is 0.137 e. The molecule has 1 heteroatoms. The molecule has 0 radical (unpaired) electrons. The summed E-state index contributed by atoms with van der Waals surface area (Å²) < 4.78 is 2.44. The highest BCUT2D eigenvalue weighted by molar-refractivity contribution is 7.07. The Balaban J connectivity index is 3.41. The van der Waals surface area contributed by atoms with Crippen molar-refractivity contribution in [3.05, 3.63) is 21.2 Å². The quantitative estimate of drug-likeness (QED) is 0.483. The fourth-order valence-corrected chi connectivity index (χ4v) is 1.24. The van der Waals surface area contributed by atoms with Crippen molar-refractivity contribution in [2.45, 2.75) is 6.92 Å². The van der Waals surface area contributed by atoms with Crippen molar-refractivity contribution in [2.75, 3.05) is 0 Å². The van der Waals surface area contributed by atoms with Gasteiger partial charge >= 0.3 is 0 Å². The summed E-state index contributed by atoms with van der Waals surface area (Å²) in [4.78, 5) is 0. The van der Waals surface area contributed by atoms with Crippen LogP contribution in [0.3, 0.4) is 0 Å². The van der Waals surface area contributed by atoms with Gasteiger partial charge in [-0.15, -0.1) is 11.3 Å². The SMILES string of the molecule is C=c1cc/c(=C\C)s1. The molecule has 0 spiro atoms. The summed E-state index contributed by atoms with van der Waals surface area (Å²) in [5, 5.41) is 0. The van der Waals surface area contributed by atoms with Crippen LogP contribution in [0.25, 0.3) is 12.7 Å². The summed E-state index contributed by atoms with van der Waals surface area (Å²) >= 11 is 1.72. The van der Waals surface area contributed by atoms with Gasteiger partial charge in [0.25, 0.3) is 0 Å². The summed E-state index contributed by atoms with van der Waals surface area (Å²) in [7, 11) is 0. The Morgan fingerprint density at radius 2 is 2.38 bits per heavy atom. The summed E-state index contributed by atoms with van der Waals surface area (Å²) in [6, 6.07) is 4.10. The van der Waals surface area contributed by atoms with Crippen molar-refractivity contribution in [2.24, 2.45) is 0 Å². The lowest BCUT2D eigenvalue weighted by atomic mass is 10.5. The minimum atomic E-state index is 1.14. The molecule has 0 aliphatic carbocycles. The third kappa shape index (κ3) is 0.984.